The smallest absolute Gasteiger partial charge is 0.406 e. The summed E-state index contributed by atoms with van der Waals surface area (Å²) >= 11 is 0. The number of ether oxygens (including phenoxy) is 1. The number of hydrogen-bond donors (Lipinski definition) is 1. The lowest BCUT2D eigenvalue weighted by Crippen LogP contribution is -2.17. The summed E-state index contributed by atoms with van der Waals surface area (Å²) in [6.07, 6.45) is -3.70. The minimum absolute atomic E-state index is 0.202. The van der Waals surface area contributed by atoms with Crippen LogP contribution in [0.15, 0.2) is 35.3 Å². The minimum atomic E-state index is -4.73. The number of nitrogens with one attached hydrogen (secondary N) is 1. The number of halogens is 3. The molecule has 0 unspecified atom stereocenters. The van der Waals surface area contributed by atoms with E-state index in [-0.39, 0.29) is 11.6 Å². The fourth-order valence-corrected chi connectivity index (χ4v) is 1.23. The van der Waals surface area contributed by atoms with E-state index in [0.29, 0.717) is 5.56 Å². The summed E-state index contributed by atoms with van der Waals surface area (Å²) in [7, 11) is 0. The second-order valence-electron chi connectivity index (χ2n) is 3.24. The van der Waals surface area contributed by atoms with Gasteiger partial charge in [0.1, 0.15) is 5.75 Å². The largest absolute Gasteiger partial charge is 0.573 e. The molecule has 0 amide bonds. The van der Waals surface area contributed by atoms with Crippen molar-refractivity contribution in [1.29, 1.82) is 0 Å². The highest BCUT2D eigenvalue weighted by Gasteiger charge is 2.30. The van der Waals surface area contributed by atoms with Gasteiger partial charge in [0.25, 0.3) is 5.56 Å². The van der Waals surface area contributed by atoms with E-state index in [1.807, 2.05) is 0 Å². The lowest BCUT2D eigenvalue weighted by atomic mass is 10.2. The predicted octanol–water partition coefficient (Wildman–Crippen LogP) is 1.73. The van der Waals surface area contributed by atoms with Crippen molar-refractivity contribution in [2.24, 2.45) is 0 Å². The van der Waals surface area contributed by atoms with Gasteiger partial charge < -0.3 is 4.74 Å². The Balaban J connectivity index is 2.22. The molecule has 2 rings (SSSR count). The summed E-state index contributed by atoms with van der Waals surface area (Å²) in [6, 6.07) is 4.98. The van der Waals surface area contributed by atoms with E-state index in [0.717, 1.165) is 18.3 Å². The van der Waals surface area contributed by atoms with E-state index in [9.17, 15) is 18.0 Å². The summed E-state index contributed by atoms with van der Waals surface area (Å²) in [5.41, 5.74) is -0.00320. The van der Waals surface area contributed by atoms with Gasteiger partial charge in [-0.15, -0.1) is 13.2 Å². The number of alkyl halides is 3. The normalized spacial score (nSPS) is 11.3. The Morgan fingerprint density at radius 3 is 2.33 bits per heavy atom. The van der Waals surface area contributed by atoms with Crippen molar-refractivity contribution in [3.05, 3.63) is 40.8 Å². The van der Waals surface area contributed by atoms with Crippen LogP contribution in [0.5, 0.6) is 5.75 Å². The molecule has 0 aliphatic heterocycles. The molecule has 0 spiro atoms. The van der Waals surface area contributed by atoms with Crippen LogP contribution < -0.4 is 10.3 Å². The van der Waals surface area contributed by atoms with Crippen molar-refractivity contribution in [3.63, 3.8) is 0 Å². The third-order valence-corrected chi connectivity index (χ3v) is 1.92. The molecule has 18 heavy (non-hydrogen) atoms. The SMILES string of the molecule is O=c1cnc(-c2ccc(OC(F)(F)F)cc2)n[nH]1. The third-order valence-electron chi connectivity index (χ3n) is 1.92. The monoisotopic (exact) mass is 257 g/mol. The molecule has 0 aliphatic rings. The summed E-state index contributed by atoms with van der Waals surface area (Å²) in [6.45, 7) is 0. The Bertz CT molecular complexity index is 572. The van der Waals surface area contributed by atoms with E-state index in [4.69, 9.17) is 0 Å². The van der Waals surface area contributed by atoms with Gasteiger partial charge in [-0.05, 0) is 24.3 Å². The Morgan fingerprint density at radius 1 is 1.17 bits per heavy atom. The molecule has 5 nitrogen and oxygen atoms in total. The van der Waals surface area contributed by atoms with Gasteiger partial charge in [0.15, 0.2) is 5.82 Å². The first kappa shape index (κ1) is 12.1. The molecule has 1 N–H and O–H groups in total. The average molecular weight is 257 g/mol. The van der Waals surface area contributed by atoms with Crippen molar-refractivity contribution in [1.82, 2.24) is 15.2 Å². The molecule has 1 aromatic carbocycles. The van der Waals surface area contributed by atoms with Gasteiger partial charge in [-0.3, -0.25) is 4.79 Å². The van der Waals surface area contributed by atoms with Gasteiger partial charge in [0.05, 0.1) is 6.20 Å². The van der Waals surface area contributed by atoms with E-state index in [1.165, 1.54) is 12.1 Å². The van der Waals surface area contributed by atoms with Crippen molar-refractivity contribution in [3.8, 4) is 17.1 Å². The molecular weight excluding hydrogens is 251 g/mol. The molecule has 8 heteroatoms. The molecule has 94 valence electrons. The molecule has 0 bridgehead atoms. The van der Waals surface area contributed by atoms with Crippen molar-refractivity contribution in [2.75, 3.05) is 0 Å². The average Bonchev–Trinajstić information content (AvgIpc) is 2.29. The van der Waals surface area contributed by atoms with Crippen LogP contribution in [-0.4, -0.2) is 21.5 Å². The molecule has 1 aromatic heterocycles. The van der Waals surface area contributed by atoms with Gasteiger partial charge in [-0.25, -0.2) is 10.1 Å². The van der Waals surface area contributed by atoms with Crippen LogP contribution in [0.3, 0.4) is 0 Å². The van der Waals surface area contributed by atoms with Gasteiger partial charge in [-0.1, -0.05) is 0 Å². The molecule has 0 fully saturated rings. The summed E-state index contributed by atoms with van der Waals surface area (Å²) < 4.78 is 39.5. The predicted molar refractivity (Wildman–Crippen MR) is 54.8 cm³/mol. The van der Waals surface area contributed by atoms with Gasteiger partial charge >= 0.3 is 6.36 Å². The second-order valence-corrected chi connectivity index (χ2v) is 3.24. The van der Waals surface area contributed by atoms with Crippen LogP contribution in [0.1, 0.15) is 0 Å². The molecular formula is C10H6F3N3O2. The zero-order valence-electron chi connectivity index (χ0n) is 8.73. The van der Waals surface area contributed by atoms with Crippen molar-refractivity contribution < 1.29 is 17.9 Å². The maximum absolute atomic E-state index is 11.9. The Kier molecular flexibility index (Phi) is 3.00. The summed E-state index contributed by atoms with van der Waals surface area (Å²) in [5.74, 6) is -0.135. The van der Waals surface area contributed by atoms with Gasteiger partial charge in [0.2, 0.25) is 0 Å². The lowest BCUT2D eigenvalue weighted by molar-refractivity contribution is -0.274. The maximum Gasteiger partial charge on any atom is 0.573 e. The Hall–Kier alpha value is -2.38. The summed E-state index contributed by atoms with van der Waals surface area (Å²) in [4.78, 5) is 14.5. The molecule has 0 atom stereocenters. The number of rotatable bonds is 2. The zero-order chi connectivity index (χ0) is 13.2. The zero-order valence-corrected chi connectivity index (χ0v) is 8.73. The molecule has 0 radical (unpaired) electrons. The van der Waals surface area contributed by atoms with Gasteiger partial charge in [-0.2, -0.15) is 5.10 Å². The molecule has 0 aliphatic carbocycles. The number of nitrogens with zero attached hydrogens (tertiary/aromatic N) is 2. The Morgan fingerprint density at radius 2 is 1.83 bits per heavy atom. The molecule has 0 saturated heterocycles. The van der Waals surface area contributed by atoms with E-state index >= 15 is 0 Å². The number of H-pyrrole nitrogens is 1. The van der Waals surface area contributed by atoms with E-state index in [2.05, 4.69) is 19.9 Å². The molecule has 2 aromatic rings. The van der Waals surface area contributed by atoms with E-state index in [1.54, 1.807) is 0 Å². The van der Waals surface area contributed by atoms with Crippen molar-refractivity contribution in [2.45, 2.75) is 6.36 Å². The van der Waals surface area contributed by atoms with E-state index < -0.39 is 11.9 Å². The molecule has 1 heterocycles. The standard InChI is InChI=1S/C10H6F3N3O2/c11-10(12,13)18-7-3-1-6(2-4-7)9-14-5-8(17)15-16-9/h1-5H,(H,15,17). The number of aromatic nitrogens is 3. The first-order valence-electron chi connectivity index (χ1n) is 4.72. The van der Waals surface area contributed by atoms with Gasteiger partial charge in [0, 0.05) is 5.56 Å². The quantitative estimate of drug-likeness (QED) is 0.889. The maximum atomic E-state index is 11.9. The third kappa shape index (κ3) is 3.06. The number of aromatic amines is 1. The van der Waals surface area contributed by atoms with Crippen LogP contribution in [0.2, 0.25) is 0 Å². The lowest BCUT2D eigenvalue weighted by Gasteiger charge is -2.08. The van der Waals surface area contributed by atoms with Crippen LogP contribution in [-0.2, 0) is 0 Å². The minimum Gasteiger partial charge on any atom is -0.406 e. The number of hydrogen-bond acceptors (Lipinski definition) is 4. The van der Waals surface area contributed by atoms with Crippen LogP contribution in [0, 0.1) is 0 Å². The number of benzene rings is 1. The van der Waals surface area contributed by atoms with Crippen molar-refractivity contribution >= 4 is 0 Å². The second kappa shape index (κ2) is 4.47. The summed E-state index contributed by atoms with van der Waals surface area (Å²) in [5, 5.41) is 5.81. The highest BCUT2D eigenvalue weighted by atomic mass is 19.4. The Labute approximate surface area is 98.3 Å². The fraction of sp³-hybridized carbons (Fsp3) is 0.100. The van der Waals surface area contributed by atoms with Crippen LogP contribution >= 0.6 is 0 Å². The first-order valence-corrected chi connectivity index (χ1v) is 4.72. The highest BCUT2D eigenvalue weighted by molar-refractivity contribution is 5.55. The fourth-order valence-electron chi connectivity index (χ4n) is 1.23. The van der Waals surface area contributed by atoms with Crippen LogP contribution in [0.25, 0.3) is 11.4 Å². The molecule has 0 saturated carbocycles. The first-order chi connectivity index (χ1) is 8.44. The topological polar surface area (TPSA) is 67.9 Å². The highest BCUT2D eigenvalue weighted by Crippen LogP contribution is 2.24. The van der Waals surface area contributed by atoms with Crippen LogP contribution in [0.4, 0.5) is 13.2 Å².